The molecule has 0 aromatic heterocycles. The number of benzene rings is 2. The Bertz CT molecular complexity index is 697. The maximum atomic E-state index is 12.9. The number of ether oxygens (including phenoxy) is 2. The van der Waals surface area contributed by atoms with E-state index in [4.69, 9.17) is 9.47 Å². The molecule has 0 saturated carbocycles. The largest absolute Gasteiger partial charge is 0.486 e. The summed E-state index contributed by atoms with van der Waals surface area (Å²) in [6.07, 6.45) is 0. The Morgan fingerprint density at radius 1 is 1.09 bits per heavy atom. The lowest BCUT2D eigenvalue weighted by atomic mass is 10.1. The van der Waals surface area contributed by atoms with Gasteiger partial charge in [-0.1, -0.05) is 30.3 Å². The van der Waals surface area contributed by atoms with Crippen LogP contribution in [-0.2, 0) is 6.54 Å². The van der Waals surface area contributed by atoms with Crippen molar-refractivity contribution in [1.29, 1.82) is 0 Å². The van der Waals surface area contributed by atoms with Gasteiger partial charge in [0.25, 0.3) is 5.91 Å². The number of amides is 1. The first kappa shape index (κ1) is 15.4. The zero-order valence-corrected chi connectivity index (χ0v) is 13.5. The third-order valence-electron chi connectivity index (χ3n) is 4.00. The lowest BCUT2D eigenvalue weighted by Gasteiger charge is -2.24. The third-order valence-corrected chi connectivity index (χ3v) is 4.00. The van der Waals surface area contributed by atoms with E-state index in [1.165, 1.54) is 0 Å². The summed E-state index contributed by atoms with van der Waals surface area (Å²) in [5.74, 6) is 1.39. The fourth-order valence-electron chi connectivity index (χ4n) is 2.72. The maximum absolute atomic E-state index is 12.9. The van der Waals surface area contributed by atoms with Crippen molar-refractivity contribution in [3.8, 4) is 11.5 Å². The molecule has 0 radical (unpaired) electrons. The van der Waals surface area contributed by atoms with E-state index in [0.717, 1.165) is 16.9 Å². The van der Waals surface area contributed by atoms with Crippen LogP contribution in [-0.4, -0.2) is 30.6 Å². The summed E-state index contributed by atoms with van der Waals surface area (Å²) in [5.41, 5.74) is 2.70. The Labute approximate surface area is 136 Å². The normalized spacial score (nSPS) is 12.8. The second-order valence-corrected chi connectivity index (χ2v) is 5.62. The minimum absolute atomic E-state index is 0.0193. The number of rotatable bonds is 4. The number of hydrogen-bond donors (Lipinski definition) is 0. The van der Waals surface area contributed by atoms with Crippen molar-refractivity contribution in [2.75, 3.05) is 19.8 Å². The number of aryl methyl sites for hydroxylation is 1. The molecule has 4 heteroatoms. The van der Waals surface area contributed by atoms with Gasteiger partial charge in [-0.25, -0.2) is 0 Å². The van der Waals surface area contributed by atoms with Gasteiger partial charge in [0.2, 0.25) is 0 Å². The van der Waals surface area contributed by atoms with Gasteiger partial charge in [0.1, 0.15) is 13.2 Å². The SMILES string of the molecule is CCN(Cc1ccccc1)C(=O)c1cc2c(cc1C)OCCO2. The minimum atomic E-state index is 0.0193. The van der Waals surface area contributed by atoms with Crippen molar-refractivity contribution in [1.82, 2.24) is 4.90 Å². The lowest BCUT2D eigenvalue weighted by Crippen LogP contribution is -2.31. The third kappa shape index (κ3) is 3.31. The number of carbonyl (C=O) groups is 1. The van der Waals surface area contributed by atoms with E-state index in [2.05, 4.69) is 0 Å². The topological polar surface area (TPSA) is 38.8 Å². The van der Waals surface area contributed by atoms with Crippen LogP contribution in [0, 0.1) is 6.92 Å². The van der Waals surface area contributed by atoms with Crippen molar-refractivity contribution in [2.45, 2.75) is 20.4 Å². The van der Waals surface area contributed by atoms with Crippen molar-refractivity contribution in [3.63, 3.8) is 0 Å². The molecule has 0 aliphatic carbocycles. The molecule has 1 aliphatic heterocycles. The molecule has 2 aromatic carbocycles. The van der Waals surface area contributed by atoms with Crippen molar-refractivity contribution < 1.29 is 14.3 Å². The summed E-state index contributed by atoms with van der Waals surface area (Å²) < 4.78 is 11.2. The molecule has 0 atom stereocenters. The van der Waals surface area contributed by atoms with Gasteiger partial charge in [0.05, 0.1) is 0 Å². The molecule has 2 aromatic rings. The number of hydrogen-bond acceptors (Lipinski definition) is 3. The van der Waals surface area contributed by atoms with Gasteiger partial charge >= 0.3 is 0 Å². The second-order valence-electron chi connectivity index (χ2n) is 5.62. The van der Waals surface area contributed by atoms with Gasteiger partial charge in [0, 0.05) is 18.7 Å². The predicted molar refractivity (Wildman–Crippen MR) is 89.0 cm³/mol. The molecule has 0 spiro atoms. The summed E-state index contributed by atoms with van der Waals surface area (Å²) in [6, 6.07) is 13.7. The fraction of sp³-hybridized carbons (Fsp3) is 0.316. The van der Waals surface area contributed by atoms with Crippen molar-refractivity contribution >= 4 is 5.91 Å². The number of fused-ring (bicyclic) bond motifs is 1. The van der Waals surface area contributed by atoms with E-state index < -0.39 is 0 Å². The van der Waals surface area contributed by atoms with Crippen LogP contribution in [0.2, 0.25) is 0 Å². The molecule has 0 fully saturated rings. The van der Waals surface area contributed by atoms with Gasteiger partial charge < -0.3 is 14.4 Å². The number of nitrogens with zero attached hydrogens (tertiary/aromatic N) is 1. The van der Waals surface area contributed by atoms with Crippen LogP contribution in [0.4, 0.5) is 0 Å². The minimum Gasteiger partial charge on any atom is -0.486 e. The highest BCUT2D eigenvalue weighted by Crippen LogP contribution is 2.33. The van der Waals surface area contributed by atoms with Crippen LogP contribution in [0.1, 0.15) is 28.4 Å². The lowest BCUT2D eigenvalue weighted by molar-refractivity contribution is 0.0750. The van der Waals surface area contributed by atoms with Crippen LogP contribution < -0.4 is 9.47 Å². The summed E-state index contributed by atoms with van der Waals surface area (Å²) in [7, 11) is 0. The summed E-state index contributed by atoms with van der Waals surface area (Å²) in [6.45, 7) is 6.25. The van der Waals surface area contributed by atoms with E-state index in [9.17, 15) is 4.79 Å². The quantitative estimate of drug-likeness (QED) is 0.868. The van der Waals surface area contributed by atoms with Crippen LogP contribution in [0.5, 0.6) is 11.5 Å². The van der Waals surface area contributed by atoms with E-state index in [1.807, 2.05) is 55.1 Å². The highest BCUT2D eigenvalue weighted by atomic mass is 16.6. The molecule has 4 nitrogen and oxygen atoms in total. The Morgan fingerprint density at radius 3 is 2.39 bits per heavy atom. The average Bonchev–Trinajstić information content (AvgIpc) is 2.59. The maximum Gasteiger partial charge on any atom is 0.254 e. The molecule has 0 N–H and O–H groups in total. The molecule has 1 heterocycles. The van der Waals surface area contributed by atoms with Gasteiger partial charge in [-0.2, -0.15) is 0 Å². The highest BCUT2D eigenvalue weighted by Gasteiger charge is 2.21. The summed E-state index contributed by atoms with van der Waals surface area (Å²) in [5, 5.41) is 0. The molecule has 0 unspecified atom stereocenters. The molecule has 0 bridgehead atoms. The molecule has 3 rings (SSSR count). The van der Waals surface area contributed by atoms with Gasteiger partial charge in [-0.3, -0.25) is 4.79 Å². The molecular weight excluding hydrogens is 290 g/mol. The average molecular weight is 311 g/mol. The molecule has 1 aliphatic rings. The molecule has 0 saturated heterocycles. The Balaban J connectivity index is 1.86. The Hall–Kier alpha value is -2.49. The first-order valence-corrected chi connectivity index (χ1v) is 7.92. The van der Waals surface area contributed by atoms with Crippen molar-refractivity contribution in [2.24, 2.45) is 0 Å². The van der Waals surface area contributed by atoms with Crippen LogP contribution >= 0.6 is 0 Å². The zero-order chi connectivity index (χ0) is 16.2. The molecule has 23 heavy (non-hydrogen) atoms. The summed E-state index contributed by atoms with van der Waals surface area (Å²) >= 11 is 0. The van der Waals surface area contributed by atoms with E-state index >= 15 is 0 Å². The smallest absolute Gasteiger partial charge is 0.254 e. The number of carbonyl (C=O) groups excluding carboxylic acids is 1. The van der Waals surface area contributed by atoms with Crippen LogP contribution in [0.15, 0.2) is 42.5 Å². The van der Waals surface area contributed by atoms with Gasteiger partial charge in [0.15, 0.2) is 11.5 Å². The monoisotopic (exact) mass is 311 g/mol. The zero-order valence-electron chi connectivity index (χ0n) is 13.5. The Kier molecular flexibility index (Phi) is 4.51. The standard InChI is InChI=1S/C19H21NO3/c1-3-20(13-15-7-5-4-6-8-15)19(21)16-12-18-17(11-14(16)2)22-9-10-23-18/h4-8,11-12H,3,9-10,13H2,1-2H3. The van der Waals surface area contributed by atoms with Crippen molar-refractivity contribution in [3.05, 3.63) is 59.2 Å². The van der Waals surface area contributed by atoms with Gasteiger partial charge in [-0.05, 0) is 37.1 Å². The first-order valence-electron chi connectivity index (χ1n) is 7.92. The molecular formula is C19H21NO3. The highest BCUT2D eigenvalue weighted by molar-refractivity contribution is 5.96. The first-order chi connectivity index (χ1) is 11.2. The Morgan fingerprint density at radius 2 is 1.74 bits per heavy atom. The van der Waals surface area contributed by atoms with E-state index in [0.29, 0.717) is 37.6 Å². The summed E-state index contributed by atoms with van der Waals surface area (Å²) in [4.78, 5) is 14.8. The fourth-order valence-corrected chi connectivity index (χ4v) is 2.72. The van der Waals surface area contributed by atoms with Crippen LogP contribution in [0.25, 0.3) is 0 Å². The molecule has 120 valence electrons. The van der Waals surface area contributed by atoms with Gasteiger partial charge in [-0.15, -0.1) is 0 Å². The predicted octanol–water partition coefficient (Wildman–Crippen LogP) is 3.43. The van der Waals surface area contributed by atoms with E-state index in [-0.39, 0.29) is 5.91 Å². The van der Waals surface area contributed by atoms with E-state index in [1.54, 1.807) is 6.07 Å². The van der Waals surface area contributed by atoms with Crippen LogP contribution in [0.3, 0.4) is 0 Å². The molecule has 1 amide bonds. The second kappa shape index (κ2) is 6.73.